The molecule has 2 heterocycles. The van der Waals surface area contributed by atoms with Gasteiger partial charge in [0.25, 0.3) is 0 Å². The van der Waals surface area contributed by atoms with E-state index in [-0.39, 0.29) is 36.5 Å². The lowest BCUT2D eigenvalue weighted by Gasteiger charge is -2.33. The smallest absolute Gasteiger partial charge is 0.410 e. The van der Waals surface area contributed by atoms with Crippen molar-refractivity contribution < 1.29 is 33.8 Å². The lowest BCUT2D eigenvalue weighted by Crippen LogP contribution is -2.52. The summed E-state index contributed by atoms with van der Waals surface area (Å²) in [5, 5.41) is 17.9. The minimum Gasteiger partial charge on any atom is -0.446 e. The van der Waals surface area contributed by atoms with Crippen LogP contribution in [0.2, 0.25) is 0 Å². The Bertz CT molecular complexity index is 745. The quantitative estimate of drug-likeness (QED) is 0.377. The van der Waals surface area contributed by atoms with Crippen molar-refractivity contribution in [1.29, 1.82) is 0 Å². The molecule has 0 aromatic carbocycles. The summed E-state index contributed by atoms with van der Waals surface area (Å²) in [6.45, 7) is 10.4. The first-order valence-electron chi connectivity index (χ1n) is 12.5. The molecule has 11 nitrogen and oxygen atoms in total. The summed E-state index contributed by atoms with van der Waals surface area (Å²) in [5.41, 5.74) is -0.575. The maximum Gasteiger partial charge on any atom is 0.410 e. The summed E-state index contributed by atoms with van der Waals surface area (Å²) in [7, 11) is 0. The molecule has 11 heteroatoms. The molecule has 0 unspecified atom stereocenters. The molecule has 2 aliphatic heterocycles. The molecule has 0 aliphatic carbocycles. The number of carbonyl (C=O) groups is 4. The van der Waals surface area contributed by atoms with Crippen LogP contribution >= 0.6 is 0 Å². The molecule has 2 fully saturated rings. The van der Waals surface area contributed by atoms with Crippen LogP contribution in [0.25, 0.3) is 0 Å². The zero-order valence-electron chi connectivity index (χ0n) is 21.6. The third-order valence-corrected chi connectivity index (χ3v) is 5.98. The summed E-state index contributed by atoms with van der Waals surface area (Å²) in [6.07, 6.45) is 0.886. The van der Waals surface area contributed by atoms with Gasteiger partial charge in [-0.3, -0.25) is 9.59 Å². The standard InChI is InChI=1S/C24H42N4O7/c1-15(2)12-19(21(31)26-17(14-29)13-16-6-9-25-20(16)30)27-22(32)34-18-7-10-28(11-8-18)23(33)35-24(3,4)5/h15-19,29H,6-14H2,1-5H3,(H,25,30)(H,26,31)(H,27,32)/t16-,17-,19-/m0/s1. The molecule has 2 rings (SSSR count). The number of aliphatic hydroxyl groups excluding tert-OH is 1. The monoisotopic (exact) mass is 498 g/mol. The van der Waals surface area contributed by atoms with E-state index >= 15 is 0 Å². The van der Waals surface area contributed by atoms with Gasteiger partial charge in [-0.2, -0.15) is 0 Å². The molecule has 0 aromatic rings. The highest BCUT2D eigenvalue weighted by molar-refractivity contribution is 5.86. The van der Waals surface area contributed by atoms with Crippen LogP contribution in [-0.4, -0.2) is 84.0 Å². The molecule has 35 heavy (non-hydrogen) atoms. The second-order valence-electron chi connectivity index (χ2n) is 10.8. The van der Waals surface area contributed by atoms with Crippen molar-refractivity contribution in [3.05, 3.63) is 0 Å². The van der Waals surface area contributed by atoms with Crippen LogP contribution in [0.15, 0.2) is 0 Å². The molecule has 4 N–H and O–H groups in total. The van der Waals surface area contributed by atoms with Gasteiger partial charge in [0.1, 0.15) is 17.7 Å². The third kappa shape index (κ3) is 9.91. The summed E-state index contributed by atoms with van der Waals surface area (Å²) in [6, 6.07) is -1.42. The van der Waals surface area contributed by atoms with E-state index in [9.17, 15) is 24.3 Å². The number of nitrogens with one attached hydrogen (secondary N) is 3. The number of rotatable bonds is 9. The summed E-state index contributed by atoms with van der Waals surface area (Å²) >= 11 is 0. The number of piperidine rings is 1. The number of ether oxygens (including phenoxy) is 2. The number of alkyl carbamates (subject to hydrolysis) is 1. The molecule has 3 atom stereocenters. The number of hydrogen-bond donors (Lipinski definition) is 4. The first-order valence-corrected chi connectivity index (χ1v) is 12.5. The first-order chi connectivity index (χ1) is 16.4. The molecule has 2 aliphatic rings. The van der Waals surface area contributed by atoms with Crippen molar-refractivity contribution >= 4 is 24.0 Å². The van der Waals surface area contributed by atoms with Gasteiger partial charge in [0.2, 0.25) is 11.8 Å². The molecule has 4 amide bonds. The number of hydrogen-bond acceptors (Lipinski definition) is 7. The van der Waals surface area contributed by atoms with Gasteiger partial charge in [0.15, 0.2) is 0 Å². The molecule has 0 bridgehead atoms. The van der Waals surface area contributed by atoms with Gasteiger partial charge in [-0.1, -0.05) is 13.8 Å². The number of likely N-dealkylation sites (tertiary alicyclic amines) is 1. The van der Waals surface area contributed by atoms with E-state index in [1.165, 1.54) is 0 Å². The van der Waals surface area contributed by atoms with Crippen LogP contribution in [-0.2, 0) is 19.1 Å². The van der Waals surface area contributed by atoms with E-state index in [2.05, 4.69) is 16.0 Å². The lowest BCUT2D eigenvalue weighted by atomic mass is 9.97. The topological polar surface area (TPSA) is 146 Å². The van der Waals surface area contributed by atoms with E-state index in [1.54, 1.807) is 4.90 Å². The van der Waals surface area contributed by atoms with Crippen LogP contribution in [0.3, 0.4) is 0 Å². The predicted octanol–water partition coefficient (Wildman–Crippen LogP) is 1.53. The second kappa shape index (κ2) is 12.9. The highest BCUT2D eigenvalue weighted by Crippen LogP contribution is 2.19. The molecule has 200 valence electrons. The molecule has 0 aromatic heterocycles. The third-order valence-electron chi connectivity index (χ3n) is 5.98. The Morgan fingerprint density at radius 1 is 1.14 bits per heavy atom. The first kappa shape index (κ1) is 28.7. The van der Waals surface area contributed by atoms with Crippen molar-refractivity contribution in [2.75, 3.05) is 26.2 Å². The van der Waals surface area contributed by atoms with Crippen LogP contribution in [0.1, 0.15) is 66.7 Å². The predicted molar refractivity (Wildman–Crippen MR) is 128 cm³/mol. The van der Waals surface area contributed by atoms with Crippen molar-refractivity contribution in [2.24, 2.45) is 11.8 Å². The Morgan fingerprint density at radius 3 is 2.31 bits per heavy atom. The average molecular weight is 499 g/mol. The zero-order valence-corrected chi connectivity index (χ0v) is 21.6. The Morgan fingerprint density at radius 2 is 1.80 bits per heavy atom. The van der Waals surface area contributed by atoms with Gasteiger partial charge in [-0.05, 0) is 46.0 Å². The molecule has 2 saturated heterocycles. The SMILES string of the molecule is CC(C)C[C@H](NC(=O)OC1CCN(C(=O)OC(C)(C)C)CC1)C(=O)N[C@H](CO)C[C@@H]1CCNC1=O. The number of nitrogens with zero attached hydrogens (tertiary/aromatic N) is 1. The summed E-state index contributed by atoms with van der Waals surface area (Å²) in [5.74, 6) is -0.625. The largest absolute Gasteiger partial charge is 0.446 e. The molecule has 0 radical (unpaired) electrons. The van der Waals surface area contributed by atoms with E-state index in [1.807, 2.05) is 34.6 Å². The van der Waals surface area contributed by atoms with Gasteiger partial charge in [-0.15, -0.1) is 0 Å². The normalized spacial score (nSPS) is 20.7. The number of amides is 4. The molecule has 0 spiro atoms. The fourth-order valence-electron chi connectivity index (χ4n) is 4.21. The van der Waals surface area contributed by atoms with Crippen LogP contribution in [0.5, 0.6) is 0 Å². The number of carbonyl (C=O) groups excluding carboxylic acids is 4. The van der Waals surface area contributed by atoms with Crippen molar-refractivity contribution in [3.8, 4) is 0 Å². The Balaban J connectivity index is 1.85. The van der Waals surface area contributed by atoms with E-state index < -0.39 is 29.7 Å². The van der Waals surface area contributed by atoms with Crippen LogP contribution in [0, 0.1) is 11.8 Å². The minimum absolute atomic E-state index is 0.0733. The van der Waals surface area contributed by atoms with Gasteiger partial charge in [-0.25, -0.2) is 9.59 Å². The fourth-order valence-corrected chi connectivity index (χ4v) is 4.21. The Labute approximate surface area is 207 Å². The van der Waals surface area contributed by atoms with Gasteiger partial charge in [0, 0.05) is 38.4 Å². The summed E-state index contributed by atoms with van der Waals surface area (Å²) in [4.78, 5) is 51.1. The highest BCUT2D eigenvalue weighted by atomic mass is 16.6. The van der Waals surface area contributed by atoms with Crippen LogP contribution < -0.4 is 16.0 Å². The Hall–Kier alpha value is -2.56. The minimum atomic E-state index is -0.837. The fraction of sp³-hybridized carbons (Fsp3) is 0.833. The van der Waals surface area contributed by atoms with Gasteiger partial charge < -0.3 is 35.4 Å². The zero-order chi connectivity index (χ0) is 26.2. The van der Waals surface area contributed by atoms with Crippen molar-refractivity contribution in [3.63, 3.8) is 0 Å². The Kier molecular flexibility index (Phi) is 10.6. The highest BCUT2D eigenvalue weighted by Gasteiger charge is 2.32. The molecular formula is C24H42N4O7. The van der Waals surface area contributed by atoms with Crippen LogP contribution in [0.4, 0.5) is 9.59 Å². The maximum absolute atomic E-state index is 12.9. The molecule has 0 saturated carbocycles. The van der Waals surface area contributed by atoms with E-state index in [0.717, 1.165) is 0 Å². The van der Waals surface area contributed by atoms with E-state index in [0.29, 0.717) is 51.7 Å². The molecular weight excluding hydrogens is 456 g/mol. The average Bonchev–Trinajstić information content (AvgIpc) is 3.15. The van der Waals surface area contributed by atoms with E-state index in [4.69, 9.17) is 9.47 Å². The second-order valence-corrected chi connectivity index (χ2v) is 10.8. The van der Waals surface area contributed by atoms with Crippen molar-refractivity contribution in [1.82, 2.24) is 20.9 Å². The number of aliphatic hydroxyl groups is 1. The van der Waals surface area contributed by atoms with Gasteiger partial charge in [0.05, 0.1) is 12.6 Å². The maximum atomic E-state index is 12.9. The van der Waals surface area contributed by atoms with Crippen molar-refractivity contribution in [2.45, 2.75) is 90.5 Å². The lowest BCUT2D eigenvalue weighted by molar-refractivity contribution is -0.126. The summed E-state index contributed by atoms with van der Waals surface area (Å²) < 4.78 is 10.9. The van der Waals surface area contributed by atoms with Gasteiger partial charge >= 0.3 is 12.2 Å².